The Kier molecular flexibility index (Phi) is 4.77. The Morgan fingerprint density at radius 3 is 2.85 bits per heavy atom. The molecule has 0 unspecified atom stereocenters. The number of nitrogens with zero attached hydrogens (tertiary/aromatic N) is 4. The maximum Gasteiger partial charge on any atom is 0.240 e. The molecule has 4 rings (SSSR count). The molecule has 1 amide bonds. The van der Waals surface area contributed by atoms with Crippen LogP contribution < -0.4 is 5.32 Å². The molecule has 7 heteroatoms. The molecule has 0 atom stereocenters. The lowest BCUT2D eigenvalue weighted by Crippen LogP contribution is -2.31. The van der Waals surface area contributed by atoms with E-state index in [0.717, 1.165) is 33.0 Å². The highest BCUT2D eigenvalue weighted by Crippen LogP contribution is 2.30. The second kappa shape index (κ2) is 7.36. The molecule has 4 aromatic heterocycles. The first-order chi connectivity index (χ1) is 13.1. The van der Waals surface area contributed by atoms with Crippen LogP contribution in [0.5, 0.6) is 0 Å². The first kappa shape index (κ1) is 17.5. The van der Waals surface area contributed by atoms with E-state index in [-0.39, 0.29) is 12.5 Å². The minimum atomic E-state index is -0.0301. The van der Waals surface area contributed by atoms with Gasteiger partial charge in [-0.3, -0.25) is 9.48 Å². The van der Waals surface area contributed by atoms with Crippen molar-refractivity contribution in [3.8, 4) is 10.6 Å². The number of hydrogen-bond acceptors (Lipinski definition) is 4. The van der Waals surface area contributed by atoms with Crippen molar-refractivity contribution in [2.75, 3.05) is 6.54 Å². The van der Waals surface area contributed by atoms with Crippen LogP contribution >= 0.6 is 11.3 Å². The van der Waals surface area contributed by atoms with Gasteiger partial charge in [-0.2, -0.15) is 5.10 Å². The monoisotopic (exact) mass is 379 g/mol. The number of pyridine rings is 1. The topological polar surface area (TPSA) is 64.7 Å². The Morgan fingerprint density at radius 1 is 1.22 bits per heavy atom. The molecule has 27 heavy (non-hydrogen) atoms. The van der Waals surface area contributed by atoms with Gasteiger partial charge in [-0.05, 0) is 49.6 Å². The summed E-state index contributed by atoms with van der Waals surface area (Å²) in [5, 5.41) is 10.5. The number of nitrogens with one attached hydrogen (secondary N) is 1. The Hall–Kier alpha value is -2.93. The fraction of sp³-hybridized carbons (Fsp3) is 0.250. The van der Waals surface area contributed by atoms with E-state index in [1.807, 2.05) is 52.7 Å². The summed E-state index contributed by atoms with van der Waals surface area (Å²) >= 11 is 1.66. The van der Waals surface area contributed by atoms with Crippen LogP contribution in [-0.2, 0) is 17.9 Å². The van der Waals surface area contributed by atoms with E-state index in [1.165, 1.54) is 0 Å². The van der Waals surface area contributed by atoms with E-state index < -0.39 is 0 Å². The third-order valence-corrected chi connectivity index (χ3v) is 5.37. The Balaban J connectivity index is 1.50. The number of aryl methyl sites for hydroxylation is 2. The molecular weight excluding hydrogens is 358 g/mol. The lowest BCUT2D eigenvalue weighted by Gasteiger charge is -2.10. The van der Waals surface area contributed by atoms with E-state index in [4.69, 9.17) is 0 Å². The van der Waals surface area contributed by atoms with Crippen LogP contribution in [0.3, 0.4) is 0 Å². The summed E-state index contributed by atoms with van der Waals surface area (Å²) in [4.78, 5) is 18.2. The summed E-state index contributed by atoms with van der Waals surface area (Å²) < 4.78 is 3.90. The molecule has 6 nitrogen and oxygen atoms in total. The minimum absolute atomic E-state index is 0.0301. The molecule has 138 valence electrons. The average molecular weight is 379 g/mol. The van der Waals surface area contributed by atoms with Crippen molar-refractivity contribution in [3.63, 3.8) is 0 Å². The minimum Gasteiger partial charge on any atom is -0.353 e. The van der Waals surface area contributed by atoms with Crippen molar-refractivity contribution in [1.29, 1.82) is 0 Å². The van der Waals surface area contributed by atoms with Crippen molar-refractivity contribution in [2.45, 2.75) is 26.9 Å². The number of rotatable bonds is 6. The van der Waals surface area contributed by atoms with Crippen LogP contribution in [0.15, 0.2) is 48.0 Å². The fourth-order valence-electron chi connectivity index (χ4n) is 3.28. The van der Waals surface area contributed by atoms with Gasteiger partial charge in [0, 0.05) is 23.8 Å². The first-order valence-corrected chi connectivity index (χ1v) is 9.75. The van der Waals surface area contributed by atoms with E-state index in [1.54, 1.807) is 17.5 Å². The molecule has 0 bridgehead atoms. The van der Waals surface area contributed by atoms with Gasteiger partial charge in [0.1, 0.15) is 12.2 Å². The van der Waals surface area contributed by atoms with Gasteiger partial charge in [-0.25, -0.2) is 4.98 Å². The lowest BCUT2D eigenvalue weighted by molar-refractivity contribution is -0.121. The van der Waals surface area contributed by atoms with Gasteiger partial charge in [0.15, 0.2) is 0 Å². The summed E-state index contributed by atoms with van der Waals surface area (Å²) in [6, 6.07) is 12.2. The number of carbonyl (C=O) groups excluding carboxylic acids is 1. The van der Waals surface area contributed by atoms with E-state index >= 15 is 0 Å². The van der Waals surface area contributed by atoms with E-state index in [0.29, 0.717) is 13.1 Å². The van der Waals surface area contributed by atoms with Gasteiger partial charge in [0.05, 0.1) is 22.8 Å². The lowest BCUT2D eigenvalue weighted by atomic mass is 10.3. The summed E-state index contributed by atoms with van der Waals surface area (Å²) in [6.45, 7) is 5.44. The standard InChI is InChI=1S/C20H21N5OS/c1-14-11-15(2)25(23-14)9-8-21-19(26)13-24-17(18-6-4-10-27-18)12-16-5-3-7-22-20(16)24/h3-7,10-12H,8-9,13H2,1-2H3,(H,21,26). The zero-order chi connectivity index (χ0) is 18.8. The quantitative estimate of drug-likeness (QED) is 0.558. The normalized spacial score (nSPS) is 11.2. The van der Waals surface area contributed by atoms with Crippen molar-refractivity contribution in [2.24, 2.45) is 0 Å². The largest absolute Gasteiger partial charge is 0.353 e. The van der Waals surface area contributed by atoms with Gasteiger partial charge < -0.3 is 9.88 Å². The number of hydrogen-bond donors (Lipinski definition) is 1. The molecule has 0 saturated heterocycles. The number of thiophene rings is 1. The second-order valence-corrected chi connectivity index (χ2v) is 7.46. The molecule has 0 aromatic carbocycles. The summed E-state index contributed by atoms with van der Waals surface area (Å²) in [5.41, 5.74) is 3.94. The van der Waals surface area contributed by atoms with Crippen molar-refractivity contribution < 1.29 is 4.79 Å². The maximum atomic E-state index is 12.6. The Morgan fingerprint density at radius 2 is 2.11 bits per heavy atom. The third-order valence-electron chi connectivity index (χ3n) is 4.48. The smallest absolute Gasteiger partial charge is 0.240 e. The Labute approximate surface area is 161 Å². The molecule has 0 saturated carbocycles. The Bertz CT molecular complexity index is 1080. The van der Waals surface area contributed by atoms with Gasteiger partial charge in [0.25, 0.3) is 0 Å². The highest BCUT2D eigenvalue weighted by Gasteiger charge is 2.15. The number of aromatic nitrogens is 4. The molecule has 0 fully saturated rings. The van der Waals surface area contributed by atoms with E-state index in [9.17, 15) is 4.79 Å². The molecule has 0 aliphatic carbocycles. The van der Waals surface area contributed by atoms with Crippen LogP contribution in [0.1, 0.15) is 11.4 Å². The third kappa shape index (κ3) is 3.64. The summed E-state index contributed by atoms with van der Waals surface area (Å²) in [5.74, 6) is -0.0301. The average Bonchev–Trinajstić information content (AvgIpc) is 3.35. The summed E-state index contributed by atoms with van der Waals surface area (Å²) in [7, 11) is 0. The molecule has 0 spiro atoms. The maximum absolute atomic E-state index is 12.6. The van der Waals surface area contributed by atoms with Gasteiger partial charge in [-0.1, -0.05) is 6.07 Å². The predicted octanol–water partition coefficient (Wildman–Crippen LogP) is 3.39. The molecule has 0 aliphatic rings. The molecule has 1 N–H and O–H groups in total. The summed E-state index contributed by atoms with van der Waals surface area (Å²) in [6.07, 6.45) is 1.76. The number of fused-ring (bicyclic) bond motifs is 1. The molecule has 0 aliphatic heterocycles. The van der Waals surface area contributed by atoms with Crippen LogP contribution in [-0.4, -0.2) is 31.8 Å². The van der Waals surface area contributed by atoms with Crippen LogP contribution in [0, 0.1) is 13.8 Å². The highest BCUT2D eigenvalue weighted by molar-refractivity contribution is 7.13. The highest BCUT2D eigenvalue weighted by atomic mass is 32.1. The SMILES string of the molecule is Cc1cc(C)n(CCNC(=O)Cn2c(-c3cccs3)cc3cccnc32)n1. The van der Waals surface area contributed by atoms with Gasteiger partial charge in [0.2, 0.25) is 5.91 Å². The van der Waals surface area contributed by atoms with Crippen LogP contribution in [0.25, 0.3) is 21.6 Å². The number of amides is 1. The zero-order valence-corrected chi connectivity index (χ0v) is 16.2. The van der Waals surface area contributed by atoms with Crippen molar-refractivity contribution in [3.05, 3.63) is 59.4 Å². The molecule has 4 aromatic rings. The van der Waals surface area contributed by atoms with Crippen molar-refractivity contribution >= 4 is 28.3 Å². The van der Waals surface area contributed by atoms with Crippen LogP contribution in [0.4, 0.5) is 0 Å². The molecule has 4 heterocycles. The van der Waals surface area contributed by atoms with Gasteiger partial charge >= 0.3 is 0 Å². The molecule has 0 radical (unpaired) electrons. The first-order valence-electron chi connectivity index (χ1n) is 8.88. The zero-order valence-electron chi connectivity index (χ0n) is 15.3. The predicted molar refractivity (Wildman–Crippen MR) is 108 cm³/mol. The van der Waals surface area contributed by atoms with Crippen molar-refractivity contribution in [1.82, 2.24) is 24.6 Å². The molecular formula is C20H21N5OS. The fourth-order valence-corrected chi connectivity index (χ4v) is 4.03. The van der Waals surface area contributed by atoms with E-state index in [2.05, 4.69) is 27.5 Å². The second-order valence-electron chi connectivity index (χ2n) is 6.51. The number of carbonyl (C=O) groups is 1. The van der Waals surface area contributed by atoms with Crippen LogP contribution in [0.2, 0.25) is 0 Å². The van der Waals surface area contributed by atoms with Gasteiger partial charge in [-0.15, -0.1) is 11.3 Å².